The molecule has 4 heteroatoms. The van der Waals surface area contributed by atoms with Crippen molar-refractivity contribution < 1.29 is 0 Å². The van der Waals surface area contributed by atoms with Gasteiger partial charge in [0, 0.05) is 25.0 Å². The van der Waals surface area contributed by atoms with Crippen molar-refractivity contribution in [3.63, 3.8) is 0 Å². The zero-order chi connectivity index (χ0) is 11.3. The van der Waals surface area contributed by atoms with Gasteiger partial charge >= 0.3 is 0 Å². The minimum absolute atomic E-state index is 0.846. The molecule has 0 saturated heterocycles. The van der Waals surface area contributed by atoms with E-state index in [1.54, 1.807) is 0 Å². The van der Waals surface area contributed by atoms with Gasteiger partial charge in [-0.3, -0.25) is 0 Å². The molecule has 86 valence electrons. The van der Waals surface area contributed by atoms with Crippen LogP contribution in [0.4, 0.5) is 0 Å². The smallest absolute Gasteiger partial charge is 0.177 e. The first kappa shape index (κ1) is 12.5. The highest BCUT2D eigenvalue weighted by molar-refractivity contribution is 7.71. The number of aromatic amines is 1. The third-order valence-electron chi connectivity index (χ3n) is 2.85. The second-order valence-corrected chi connectivity index (χ2v) is 4.00. The Morgan fingerprint density at radius 2 is 2.00 bits per heavy atom. The van der Waals surface area contributed by atoms with Gasteiger partial charge in [-0.05, 0) is 31.7 Å². The maximum atomic E-state index is 5.25. The summed E-state index contributed by atoms with van der Waals surface area (Å²) in [5.74, 6) is 0. The molecule has 0 amide bonds. The summed E-state index contributed by atoms with van der Waals surface area (Å²) in [6.07, 6.45) is 3.05. The third kappa shape index (κ3) is 3.18. The zero-order valence-electron chi connectivity index (χ0n) is 9.92. The van der Waals surface area contributed by atoms with E-state index in [1.807, 2.05) is 6.20 Å². The van der Waals surface area contributed by atoms with Crippen LogP contribution in [0.15, 0.2) is 6.20 Å². The summed E-state index contributed by atoms with van der Waals surface area (Å²) < 4.78 is 3.05. The van der Waals surface area contributed by atoms with E-state index >= 15 is 0 Å². The Bertz CT molecular complexity index is 336. The molecule has 0 spiro atoms. The molecular formula is C11H21N3S. The van der Waals surface area contributed by atoms with E-state index in [0.29, 0.717) is 0 Å². The first-order valence-corrected chi connectivity index (χ1v) is 6.13. The summed E-state index contributed by atoms with van der Waals surface area (Å²) in [6.45, 7) is 10.8. The van der Waals surface area contributed by atoms with Crippen LogP contribution in [0.2, 0.25) is 0 Å². The van der Waals surface area contributed by atoms with Crippen molar-refractivity contribution in [1.29, 1.82) is 0 Å². The van der Waals surface area contributed by atoms with Crippen molar-refractivity contribution in [2.75, 3.05) is 19.6 Å². The predicted octanol–water partition coefficient (Wildman–Crippen LogP) is 2.45. The van der Waals surface area contributed by atoms with E-state index in [-0.39, 0.29) is 0 Å². The number of H-pyrrole nitrogens is 1. The number of imidazole rings is 1. The van der Waals surface area contributed by atoms with Crippen LogP contribution in [0.25, 0.3) is 0 Å². The van der Waals surface area contributed by atoms with E-state index in [0.717, 1.165) is 37.4 Å². The summed E-state index contributed by atoms with van der Waals surface area (Å²) in [5, 5.41) is 0. The summed E-state index contributed by atoms with van der Waals surface area (Å²) >= 11 is 5.25. The lowest BCUT2D eigenvalue weighted by Crippen LogP contribution is -2.27. The lowest BCUT2D eigenvalue weighted by Gasteiger charge is -2.18. The molecule has 0 aliphatic rings. The number of likely N-dealkylation sites (N-methyl/N-ethyl adjacent to an activating group) is 1. The van der Waals surface area contributed by atoms with Crippen LogP contribution in [0.5, 0.6) is 0 Å². The average molecular weight is 227 g/mol. The summed E-state index contributed by atoms with van der Waals surface area (Å²) in [7, 11) is 0. The van der Waals surface area contributed by atoms with E-state index in [4.69, 9.17) is 12.2 Å². The lowest BCUT2D eigenvalue weighted by molar-refractivity contribution is 0.289. The van der Waals surface area contributed by atoms with E-state index in [9.17, 15) is 0 Å². The second kappa shape index (κ2) is 6.08. The van der Waals surface area contributed by atoms with Gasteiger partial charge in [-0.15, -0.1) is 0 Å². The van der Waals surface area contributed by atoms with Gasteiger partial charge in [-0.25, -0.2) is 0 Å². The van der Waals surface area contributed by atoms with Gasteiger partial charge in [0.25, 0.3) is 0 Å². The topological polar surface area (TPSA) is 24.0 Å². The minimum atomic E-state index is 0.846. The molecule has 0 aliphatic carbocycles. The fraction of sp³-hybridized carbons (Fsp3) is 0.727. The molecule has 0 aromatic carbocycles. The first-order valence-electron chi connectivity index (χ1n) is 5.72. The molecule has 0 fully saturated rings. The Kier molecular flexibility index (Phi) is 5.05. The Morgan fingerprint density at radius 3 is 2.53 bits per heavy atom. The largest absolute Gasteiger partial charge is 0.337 e. The molecule has 1 rings (SSSR count). The standard InChI is InChI=1S/C11H21N3S/c1-4-10-9-12-11(15)14(10)8-7-13(5-2)6-3/h9H,4-8H2,1-3H3,(H,12,15). The molecule has 3 nitrogen and oxygen atoms in total. The van der Waals surface area contributed by atoms with E-state index in [1.165, 1.54) is 5.69 Å². The lowest BCUT2D eigenvalue weighted by atomic mass is 10.3. The molecule has 1 N–H and O–H groups in total. The number of rotatable bonds is 6. The molecule has 0 saturated carbocycles. The molecule has 0 unspecified atom stereocenters. The molecule has 1 aromatic rings. The summed E-state index contributed by atoms with van der Waals surface area (Å²) in [4.78, 5) is 5.52. The Morgan fingerprint density at radius 1 is 1.33 bits per heavy atom. The van der Waals surface area contributed by atoms with E-state index < -0.39 is 0 Å². The number of hydrogen-bond acceptors (Lipinski definition) is 2. The van der Waals surface area contributed by atoms with Gasteiger partial charge in [-0.2, -0.15) is 0 Å². The maximum Gasteiger partial charge on any atom is 0.177 e. The molecule has 1 aromatic heterocycles. The highest BCUT2D eigenvalue weighted by Gasteiger charge is 2.04. The summed E-state index contributed by atoms with van der Waals surface area (Å²) in [6, 6.07) is 0. The Balaban J connectivity index is 2.63. The predicted molar refractivity (Wildman–Crippen MR) is 66.8 cm³/mol. The van der Waals surface area contributed by atoms with Crippen molar-refractivity contribution in [1.82, 2.24) is 14.5 Å². The van der Waals surface area contributed by atoms with Crippen molar-refractivity contribution in [2.45, 2.75) is 33.7 Å². The van der Waals surface area contributed by atoms with Crippen LogP contribution in [0, 0.1) is 4.77 Å². The molecule has 0 aliphatic heterocycles. The summed E-state index contributed by atoms with van der Waals surface area (Å²) in [5.41, 5.74) is 1.30. The molecule has 0 atom stereocenters. The average Bonchev–Trinajstić information content (AvgIpc) is 2.61. The molecule has 0 radical (unpaired) electrons. The van der Waals surface area contributed by atoms with Gasteiger partial charge in [0.15, 0.2) is 4.77 Å². The van der Waals surface area contributed by atoms with Crippen LogP contribution in [-0.2, 0) is 13.0 Å². The maximum absolute atomic E-state index is 5.25. The number of hydrogen-bond donors (Lipinski definition) is 1. The fourth-order valence-corrected chi connectivity index (χ4v) is 2.02. The number of aromatic nitrogens is 2. The van der Waals surface area contributed by atoms with Gasteiger partial charge < -0.3 is 14.5 Å². The zero-order valence-corrected chi connectivity index (χ0v) is 10.7. The Labute approximate surface area is 97.1 Å². The van der Waals surface area contributed by atoms with Crippen LogP contribution < -0.4 is 0 Å². The van der Waals surface area contributed by atoms with Gasteiger partial charge in [0.1, 0.15) is 0 Å². The quantitative estimate of drug-likeness (QED) is 0.755. The Hall–Kier alpha value is -0.610. The van der Waals surface area contributed by atoms with Crippen LogP contribution >= 0.6 is 12.2 Å². The van der Waals surface area contributed by atoms with Crippen LogP contribution in [0.1, 0.15) is 26.5 Å². The van der Waals surface area contributed by atoms with Crippen molar-refractivity contribution in [3.8, 4) is 0 Å². The van der Waals surface area contributed by atoms with Gasteiger partial charge in [0.2, 0.25) is 0 Å². The minimum Gasteiger partial charge on any atom is -0.337 e. The normalized spacial score (nSPS) is 11.2. The van der Waals surface area contributed by atoms with Gasteiger partial charge in [-0.1, -0.05) is 20.8 Å². The first-order chi connectivity index (χ1) is 7.22. The fourth-order valence-electron chi connectivity index (χ4n) is 1.75. The monoisotopic (exact) mass is 227 g/mol. The van der Waals surface area contributed by atoms with Crippen LogP contribution in [0.3, 0.4) is 0 Å². The van der Waals surface area contributed by atoms with E-state index in [2.05, 4.69) is 35.2 Å². The molecule has 0 bridgehead atoms. The number of nitrogens with one attached hydrogen (secondary N) is 1. The van der Waals surface area contributed by atoms with Gasteiger partial charge in [0.05, 0.1) is 0 Å². The highest BCUT2D eigenvalue weighted by Crippen LogP contribution is 2.03. The van der Waals surface area contributed by atoms with Crippen molar-refractivity contribution >= 4 is 12.2 Å². The number of nitrogens with zero attached hydrogens (tertiary/aromatic N) is 2. The SMILES string of the molecule is CCc1c[nH]c(=S)n1CCN(CC)CC. The number of aryl methyl sites for hydroxylation is 1. The molecule has 15 heavy (non-hydrogen) atoms. The van der Waals surface area contributed by atoms with Crippen molar-refractivity contribution in [3.05, 3.63) is 16.7 Å². The molecule has 1 heterocycles. The van der Waals surface area contributed by atoms with Crippen molar-refractivity contribution in [2.24, 2.45) is 0 Å². The highest BCUT2D eigenvalue weighted by atomic mass is 32.1. The second-order valence-electron chi connectivity index (χ2n) is 3.62. The third-order valence-corrected chi connectivity index (χ3v) is 3.19. The van der Waals surface area contributed by atoms with Crippen LogP contribution in [-0.4, -0.2) is 34.1 Å². The molecular weight excluding hydrogens is 206 g/mol.